The molecule has 0 unspecified atom stereocenters. The molecule has 0 aliphatic rings. The topological polar surface area (TPSA) is 110 Å². The van der Waals surface area contributed by atoms with Crippen LogP contribution in [0.4, 0.5) is 5.69 Å². The minimum absolute atomic E-state index is 0.0474. The monoisotopic (exact) mass is 337 g/mol. The molecule has 0 aromatic heterocycles. The normalized spacial score (nSPS) is 11.4. The van der Waals surface area contributed by atoms with Crippen molar-refractivity contribution in [3.63, 3.8) is 0 Å². The van der Waals surface area contributed by atoms with Gasteiger partial charge in [-0.2, -0.15) is 0 Å². The van der Waals surface area contributed by atoms with Crippen LogP contribution in [-0.2, 0) is 17.4 Å². The van der Waals surface area contributed by atoms with E-state index in [4.69, 9.17) is 9.79 Å². The van der Waals surface area contributed by atoms with Gasteiger partial charge >= 0.3 is 7.75 Å². The van der Waals surface area contributed by atoms with Crippen LogP contribution in [-0.4, -0.2) is 20.0 Å². The molecule has 0 fully saturated rings. The van der Waals surface area contributed by atoms with E-state index in [2.05, 4.69) is 5.09 Å². The van der Waals surface area contributed by atoms with E-state index in [1.54, 1.807) is 18.2 Å². The molecule has 124 valence electrons. The van der Waals surface area contributed by atoms with Gasteiger partial charge in [0.2, 0.25) is 0 Å². The first kappa shape index (κ1) is 17.3. The standard InChI is InChI=1S/C16H20NO5P/c18-14-8-5-12(6-9-14)3-1-2-4-13-7-10-15(19)11-16(13)17-23(20,21)22/h5-11,18-19H,1-4H2,(H3,17,20,21,22). The summed E-state index contributed by atoms with van der Waals surface area (Å²) in [5, 5.41) is 20.8. The average Bonchev–Trinajstić information content (AvgIpc) is 2.45. The number of benzene rings is 2. The highest BCUT2D eigenvalue weighted by atomic mass is 31.2. The summed E-state index contributed by atoms with van der Waals surface area (Å²) in [4.78, 5) is 18.1. The number of aryl methyl sites for hydroxylation is 2. The van der Waals surface area contributed by atoms with Crippen LogP contribution in [0, 0.1) is 0 Å². The zero-order chi connectivity index (χ0) is 16.9. The van der Waals surface area contributed by atoms with Crippen LogP contribution in [0.25, 0.3) is 0 Å². The van der Waals surface area contributed by atoms with Gasteiger partial charge in [-0.05, 0) is 55.0 Å². The van der Waals surface area contributed by atoms with Gasteiger partial charge in [0, 0.05) is 6.07 Å². The number of hydrogen-bond donors (Lipinski definition) is 5. The average molecular weight is 337 g/mol. The zero-order valence-electron chi connectivity index (χ0n) is 12.5. The highest BCUT2D eigenvalue weighted by molar-refractivity contribution is 7.53. The van der Waals surface area contributed by atoms with Gasteiger partial charge < -0.3 is 20.0 Å². The van der Waals surface area contributed by atoms with Crippen LogP contribution < -0.4 is 5.09 Å². The van der Waals surface area contributed by atoms with Crippen LogP contribution in [0.5, 0.6) is 11.5 Å². The Morgan fingerprint density at radius 3 is 2.13 bits per heavy atom. The second-order valence-corrected chi connectivity index (χ2v) is 6.68. The molecule has 0 amide bonds. The lowest BCUT2D eigenvalue weighted by molar-refractivity contribution is 0.380. The second-order valence-electron chi connectivity index (χ2n) is 5.37. The molecule has 7 heteroatoms. The lowest BCUT2D eigenvalue weighted by atomic mass is 10.0. The summed E-state index contributed by atoms with van der Waals surface area (Å²) in [6, 6.07) is 11.5. The molecule has 0 atom stereocenters. The molecule has 5 N–H and O–H groups in total. The molecule has 0 saturated heterocycles. The van der Waals surface area contributed by atoms with Gasteiger partial charge in [-0.15, -0.1) is 0 Å². The van der Waals surface area contributed by atoms with Crippen LogP contribution in [0.3, 0.4) is 0 Å². The van der Waals surface area contributed by atoms with E-state index < -0.39 is 7.75 Å². The lowest BCUT2D eigenvalue weighted by Crippen LogP contribution is -1.99. The van der Waals surface area contributed by atoms with Crippen molar-refractivity contribution in [1.29, 1.82) is 0 Å². The van der Waals surface area contributed by atoms with Crippen molar-refractivity contribution >= 4 is 13.4 Å². The van der Waals surface area contributed by atoms with Crippen molar-refractivity contribution < 1.29 is 24.6 Å². The number of unbranched alkanes of at least 4 members (excludes halogenated alkanes) is 1. The second kappa shape index (κ2) is 7.51. The third kappa shape index (κ3) is 5.94. The van der Waals surface area contributed by atoms with Crippen LogP contribution >= 0.6 is 7.75 Å². The number of aromatic hydroxyl groups is 2. The molecule has 0 radical (unpaired) electrons. The number of rotatable bonds is 7. The summed E-state index contributed by atoms with van der Waals surface area (Å²) in [7, 11) is -4.41. The van der Waals surface area contributed by atoms with Crippen molar-refractivity contribution in [3.05, 3.63) is 53.6 Å². The van der Waals surface area contributed by atoms with E-state index in [1.165, 1.54) is 12.1 Å². The van der Waals surface area contributed by atoms with Gasteiger partial charge in [-0.3, -0.25) is 5.09 Å². The van der Waals surface area contributed by atoms with Crippen LogP contribution in [0.1, 0.15) is 24.0 Å². The van der Waals surface area contributed by atoms with Crippen molar-refractivity contribution in [2.45, 2.75) is 25.7 Å². The van der Waals surface area contributed by atoms with E-state index in [0.717, 1.165) is 30.4 Å². The van der Waals surface area contributed by atoms with Crippen LogP contribution in [0.2, 0.25) is 0 Å². The predicted molar refractivity (Wildman–Crippen MR) is 88.5 cm³/mol. The fourth-order valence-electron chi connectivity index (χ4n) is 2.35. The predicted octanol–water partition coefficient (Wildman–Crippen LogP) is 3.17. The molecule has 0 saturated carbocycles. The molecule has 0 heterocycles. The first-order valence-corrected chi connectivity index (χ1v) is 8.88. The fraction of sp³-hybridized carbons (Fsp3) is 0.250. The molecule has 2 aromatic carbocycles. The molecule has 2 aromatic rings. The van der Waals surface area contributed by atoms with Gasteiger partial charge in [-0.25, -0.2) is 4.57 Å². The summed E-state index contributed by atoms with van der Waals surface area (Å²) in [5.74, 6) is 0.194. The Balaban J connectivity index is 1.92. The molecule has 0 aliphatic heterocycles. The van der Waals surface area contributed by atoms with E-state index >= 15 is 0 Å². The Hall–Kier alpha value is -2.01. The highest BCUT2D eigenvalue weighted by Gasteiger charge is 2.15. The van der Waals surface area contributed by atoms with E-state index in [-0.39, 0.29) is 17.2 Å². The largest absolute Gasteiger partial charge is 0.508 e. The first-order valence-electron chi connectivity index (χ1n) is 7.27. The molecule has 0 spiro atoms. The Kier molecular flexibility index (Phi) is 5.66. The fourth-order valence-corrected chi connectivity index (χ4v) is 2.87. The molecule has 2 rings (SSSR count). The van der Waals surface area contributed by atoms with Crippen molar-refractivity contribution in [2.75, 3.05) is 5.09 Å². The third-order valence-corrected chi connectivity index (χ3v) is 3.99. The zero-order valence-corrected chi connectivity index (χ0v) is 13.4. The smallest absolute Gasteiger partial charge is 0.427 e. The maximum absolute atomic E-state index is 11.1. The lowest BCUT2D eigenvalue weighted by Gasteiger charge is -2.13. The van der Waals surface area contributed by atoms with E-state index in [9.17, 15) is 14.8 Å². The summed E-state index contributed by atoms with van der Waals surface area (Å²) in [5.41, 5.74) is 2.13. The Morgan fingerprint density at radius 1 is 0.870 bits per heavy atom. The van der Waals surface area contributed by atoms with Crippen LogP contribution in [0.15, 0.2) is 42.5 Å². The van der Waals surface area contributed by atoms with E-state index in [1.807, 2.05) is 12.1 Å². The minimum atomic E-state index is -4.41. The molecular weight excluding hydrogens is 317 g/mol. The summed E-state index contributed by atoms with van der Waals surface area (Å²) < 4.78 is 11.1. The number of anilines is 1. The molecule has 23 heavy (non-hydrogen) atoms. The quantitative estimate of drug-likeness (QED) is 0.392. The first-order chi connectivity index (χ1) is 10.8. The number of phenolic OH excluding ortho intramolecular Hbond substituents is 2. The molecule has 0 bridgehead atoms. The Morgan fingerprint density at radius 2 is 1.48 bits per heavy atom. The minimum Gasteiger partial charge on any atom is -0.508 e. The number of hydrogen-bond acceptors (Lipinski definition) is 3. The maximum Gasteiger partial charge on any atom is 0.427 e. The summed E-state index contributed by atoms with van der Waals surface area (Å²) in [6.07, 6.45) is 3.24. The Labute approximate surface area is 134 Å². The van der Waals surface area contributed by atoms with Gasteiger partial charge in [0.05, 0.1) is 5.69 Å². The summed E-state index contributed by atoms with van der Waals surface area (Å²) >= 11 is 0. The van der Waals surface area contributed by atoms with E-state index in [0.29, 0.717) is 6.42 Å². The number of phenols is 2. The SMILES string of the molecule is O=P(O)(O)Nc1cc(O)ccc1CCCCc1ccc(O)cc1. The van der Waals surface area contributed by atoms with Gasteiger partial charge in [0.1, 0.15) is 11.5 Å². The third-order valence-electron chi connectivity index (χ3n) is 3.46. The van der Waals surface area contributed by atoms with Gasteiger partial charge in [0.15, 0.2) is 0 Å². The molecule has 6 nitrogen and oxygen atoms in total. The van der Waals surface area contributed by atoms with Gasteiger partial charge in [-0.1, -0.05) is 18.2 Å². The Bertz CT molecular complexity index is 696. The molecular formula is C16H20NO5P. The highest BCUT2D eigenvalue weighted by Crippen LogP contribution is 2.38. The van der Waals surface area contributed by atoms with Crippen molar-refractivity contribution in [1.82, 2.24) is 0 Å². The number of nitrogens with one attached hydrogen (secondary N) is 1. The maximum atomic E-state index is 11.1. The summed E-state index contributed by atoms with van der Waals surface area (Å²) in [6.45, 7) is 0. The van der Waals surface area contributed by atoms with Crippen molar-refractivity contribution in [3.8, 4) is 11.5 Å². The molecule has 0 aliphatic carbocycles. The van der Waals surface area contributed by atoms with Crippen molar-refractivity contribution in [2.24, 2.45) is 0 Å². The van der Waals surface area contributed by atoms with Gasteiger partial charge in [0.25, 0.3) is 0 Å².